The van der Waals surface area contributed by atoms with Crippen LogP contribution in [0.1, 0.15) is 17.2 Å². The zero-order chi connectivity index (χ0) is 25.6. The molecule has 1 aliphatic heterocycles. The summed E-state index contributed by atoms with van der Waals surface area (Å²) in [6.45, 7) is 0. The number of aliphatic hydroxyl groups is 1. The largest absolute Gasteiger partial charge is 0.507 e. The summed E-state index contributed by atoms with van der Waals surface area (Å²) in [6.07, 6.45) is 0. The van der Waals surface area contributed by atoms with E-state index in [0.29, 0.717) is 10.6 Å². The van der Waals surface area contributed by atoms with Crippen molar-refractivity contribution in [3.63, 3.8) is 0 Å². The SMILES string of the molecule is COc1cc(/C(O)=C2/C(=O)C(=O)N(c3ccc(F)c(F)c3)C2c2cccc3ccccc23)ccc1Cl. The molecule has 1 unspecified atom stereocenters. The first-order chi connectivity index (χ1) is 17.3. The molecule has 1 atom stereocenters. The monoisotopic (exact) mass is 505 g/mol. The number of hydrogen-bond donors (Lipinski definition) is 1. The zero-order valence-corrected chi connectivity index (χ0v) is 19.6. The van der Waals surface area contributed by atoms with Crippen molar-refractivity contribution in [2.24, 2.45) is 0 Å². The molecule has 0 spiro atoms. The Bertz CT molecular complexity index is 1580. The van der Waals surface area contributed by atoms with Crippen molar-refractivity contribution in [1.29, 1.82) is 0 Å². The number of anilines is 1. The quantitative estimate of drug-likeness (QED) is 0.198. The van der Waals surface area contributed by atoms with Gasteiger partial charge in [0.2, 0.25) is 0 Å². The van der Waals surface area contributed by atoms with E-state index < -0.39 is 35.1 Å². The summed E-state index contributed by atoms with van der Waals surface area (Å²) in [5.41, 5.74) is 0.497. The molecule has 4 aromatic rings. The molecule has 1 amide bonds. The second kappa shape index (κ2) is 9.09. The van der Waals surface area contributed by atoms with Gasteiger partial charge in [0, 0.05) is 17.3 Å². The predicted molar refractivity (Wildman–Crippen MR) is 133 cm³/mol. The van der Waals surface area contributed by atoms with Crippen molar-refractivity contribution in [1.82, 2.24) is 0 Å². The fourth-order valence-corrected chi connectivity index (χ4v) is 4.67. The fourth-order valence-electron chi connectivity index (χ4n) is 4.48. The number of ketones is 1. The van der Waals surface area contributed by atoms with Crippen molar-refractivity contribution >= 4 is 45.5 Å². The van der Waals surface area contributed by atoms with E-state index in [9.17, 15) is 23.5 Å². The maximum absolute atomic E-state index is 14.2. The molecule has 1 aliphatic rings. The Morgan fingerprint density at radius 1 is 0.944 bits per heavy atom. The van der Waals surface area contributed by atoms with Crippen LogP contribution in [0.5, 0.6) is 5.75 Å². The predicted octanol–water partition coefficient (Wildman–Crippen LogP) is 6.41. The summed E-state index contributed by atoms with van der Waals surface area (Å²) in [4.78, 5) is 27.8. The molecule has 0 saturated carbocycles. The number of ether oxygens (including phenoxy) is 1. The number of halogens is 3. The van der Waals surface area contributed by atoms with Crippen LogP contribution in [0.3, 0.4) is 0 Å². The number of amides is 1. The van der Waals surface area contributed by atoms with E-state index in [1.54, 1.807) is 18.2 Å². The highest BCUT2D eigenvalue weighted by Crippen LogP contribution is 2.44. The first kappa shape index (κ1) is 23.5. The highest BCUT2D eigenvalue weighted by Gasteiger charge is 2.47. The van der Waals surface area contributed by atoms with Gasteiger partial charge in [0.05, 0.1) is 23.7 Å². The molecule has 5 rings (SSSR count). The van der Waals surface area contributed by atoms with Crippen LogP contribution < -0.4 is 9.64 Å². The van der Waals surface area contributed by atoms with E-state index in [4.69, 9.17) is 16.3 Å². The lowest BCUT2D eigenvalue weighted by Gasteiger charge is -2.26. The summed E-state index contributed by atoms with van der Waals surface area (Å²) >= 11 is 6.12. The third-order valence-electron chi connectivity index (χ3n) is 6.17. The van der Waals surface area contributed by atoms with E-state index in [0.717, 1.165) is 27.8 Å². The van der Waals surface area contributed by atoms with Gasteiger partial charge in [-0.3, -0.25) is 14.5 Å². The van der Waals surface area contributed by atoms with Gasteiger partial charge in [-0.05, 0) is 46.7 Å². The Morgan fingerprint density at radius 2 is 1.69 bits per heavy atom. The molecular weight excluding hydrogens is 488 g/mol. The average molecular weight is 506 g/mol. The van der Waals surface area contributed by atoms with Crippen LogP contribution in [0.15, 0.2) is 84.4 Å². The van der Waals surface area contributed by atoms with Crippen molar-refractivity contribution in [2.75, 3.05) is 12.0 Å². The van der Waals surface area contributed by atoms with Crippen LogP contribution in [-0.2, 0) is 9.59 Å². The topological polar surface area (TPSA) is 66.8 Å². The third kappa shape index (κ3) is 3.78. The number of carbonyl (C=O) groups excluding carboxylic acids is 2. The van der Waals surface area contributed by atoms with Crippen LogP contribution in [0.25, 0.3) is 16.5 Å². The molecule has 36 heavy (non-hydrogen) atoms. The van der Waals surface area contributed by atoms with Crippen LogP contribution in [-0.4, -0.2) is 23.9 Å². The lowest BCUT2D eigenvalue weighted by Crippen LogP contribution is -2.29. The van der Waals surface area contributed by atoms with Crippen LogP contribution in [0.4, 0.5) is 14.5 Å². The number of methoxy groups -OCH3 is 1. The minimum atomic E-state index is -1.17. The van der Waals surface area contributed by atoms with E-state index in [-0.39, 0.29) is 22.6 Å². The summed E-state index contributed by atoms with van der Waals surface area (Å²) in [7, 11) is 1.41. The van der Waals surface area contributed by atoms with Crippen LogP contribution in [0, 0.1) is 11.6 Å². The fraction of sp³-hybridized carbons (Fsp3) is 0.0714. The normalized spacial score (nSPS) is 17.1. The number of fused-ring (bicyclic) bond motifs is 1. The second-order valence-electron chi connectivity index (χ2n) is 8.19. The Kier molecular flexibility index (Phi) is 5.94. The molecule has 1 heterocycles. The summed E-state index contributed by atoms with van der Waals surface area (Å²) in [5.74, 6) is -4.41. The molecule has 0 aliphatic carbocycles. The van der Waals surface area contributed by atoms with Gasteiger partial charge in [-0.25, -0.2) is 8.78 Å². The Hall–Kier alpha value is -4.23. The molecule has 0 aromatic heterocycles. The molecular formula is C28H18ClF2NO4. The Labute approximate surface area is 209 Å². The van der Waals surface area contributed by atoms with Gasteiger partial charge in [0.15, 0.2) is 11.6 Å². The molecule has 5 nitrogen and oxygen atoms in total. The van der Waals surface area contributed by atoms with Crippen molar-refractivity contribution in [3.8, 4) is 5.75 Å². The first-order valence-corrected chi connectivity index (χ1v) is 11.3. The minimum Gasteiger partial charge on any atom is -0.507 e. The van der Waals surface area contributed by atoms with Gasteiger partial charge >= 0.3 is 0 Å². The van der Waals surface area contributed by atoms with E-state index in [1.165, 1.54) is 31.4 Å². The number of Topliss-reactive ketones (excluding diaryl/α,β-unsaturated/α-hetero) is 1. The molecule has 0 bridgehead atoms. The van der Waals surface area contributed by atoms with Crippen LogP contribution in [0.2, 0.25) is 5.02 Å². The molecule has 180 valence electrons. The van der Waals surface area contributed by atoms with Crippen molar-refractivity contribution in [3.05, 3.63) is 112 Å². The van der Waals surface area contributed by atoms with E-state index in [1.807, 2.05) is 24.3 Å². The Morgan fingerprint density at radius 3 is 2.44 bits per heavy atom. The zero-order valence-electron chi connectivity index (χ0n) is 18.8. The molecule has 8 heteroatoms. The van der Waals surface area contributed by atoms with Crippen molar-refractivity contribution < 1.29 is 28.2 Å². The number of benzene rings is 4. The lowest BCUT2D eigenvalue weighted by atomic mass is 9.91. The number of rotatable bonds is 4. The maximum Gasteiger partial charge on any atom is 0.300 e. The lowest BCUT2D eigenvalue weighted by molar-refractivity contribution is -0.132. The minimum absolute atomic E-state index is 0.0262. The third-order valence-corrected chi connectivity index (χ3v) is 6.48. The first-order valence-electron chi connectivity index (χ1n) is 10.9. The summed E-state index contributed by atoms with van der Waals surface area (Å²) in [6, 6.07) is 18.9. The summed E-state index contributed by atoms with van der Waals surface area (Å²) in [5, 5.41) is 13.2. The molecule has 0 radical (unpaired) electrons. The van der Waals surface area contributed by atoms with Crippen molar-refractivity contribution in [2.45, 2.75) is 6.04 Å². The molecule has 1 saturated heterocycles. The Balaban J connectivity index is 1.81. The highest BCUT2D eigenvalue weighted by atomic mass is 35.5. The average Bonchev–Trinajstić information content (AvgIpc) is 3.15. The van der Waals surface area contributed by atoms with Gasteiger partial charge < -0.3 is 9.84 Å². The molecule has 1 N–H and O–H groups in total. The molecule has 1 fully saturated rings. The van der Waals surface area contributed by atoms with Gasteiger partial charge in [0.25, 0.3) is 11.7 Å². The number of carbonyl (C=O) groups is 2. The highest BCUT2D eigenvalue weighted by molar-refractivity contribution is 6.52. The van der Waals surface area contributed by atoms with Gasteiger partial charge in [-0.1, -0.05) is 54.1 Å². The van der Waals surface area contributed by atoms with Gasteiger partial charge in [-0.15, -0.1) is 0 Å². The van der Waals surface area contributed by atoms with Gasteiger partial charge in [-0.2, -0.15) is 0 Å². The second-order valence-corrected chi connectivity index (χ2v) is 8.59. The number of hydrogen-bond acceptors (Lipinski definition) is 4. The maximum atomic E-state index is 14.2. The number of aliphatic hydroxyl groups excluding tert-OH is 1. The standard InChI is InChI=1S/C28H18ClF2NO4/c1-36-23-13-16(9-11-20(23)29)26(33)24-25(19-8-4-6-15-5-2-3-7-18(15)19)32(28(35)27(24)34)17-10-12-21(30)22(31)14-17/h2-14,25,33H,1H3/b26-24-. The van der Waals surface area contributed by atoms with Crippen LogP contribution >= 0.6 is 11.6 Å². The van der Waals surface area contributed by atoms with Gasteiger partial charge in [0.1, 0.15) is 11.5 Å². The van der Waals surface area contributed by atoms with E-state index in [2.05, 4.69) is 0 Å². The number of nitrogens with zero attached hydrogens (tertiary/aromatic N) is 1. The summed E-state index contributed by atoms with van der Waals surface area (Å²) < 4.78 is 33.1. The molecule has 4 aromatic carbocycles. The van der Waals surface area contributed by atoms with E-state index >= 15 is 0 Å². The smallest absolute Gasteiger partial charge is 0.300 e.